The molecule has 2 aromatic rings. The number of benzene rings is 1. The Hall–Kier alpha value is -2.61. The molecule has 0 unspecified atom stereocenters. The van der Waals surface area contributed by atoms with Gasteiger partial charge in [-0.05, 0) is 18.2 Å². The summed E-state index contributed by atoms with van der Waals surface area (Å²) in [6, 6.07) is 10.5. The molecule has 1 amide bonds. The first kappa shape index (κ1) is 9.93. The Bertz CT molecular complexity index is 562. The molecule has 2 rings (SSSR count). The molecule has 0 atom stereocenters. The Morgan fingerprint density at radius 2 is 2.06 bits per heavy atom. The van der Waals surface area contributed by atoms with Gasteiger partial charge in [-0.15, -0.1) is 0 Å². The number of primary amides is 1. The Balaban J connectivity index is 2.36. The van der Waals surface area contributed by atoms with Crippen molar-refractivity contribution in [2.24, 2.45) is 5.73 Å². The number of carbonyl (C=O) groups is 1. The van der Waals surface area contributed by atoms with Gasteiger partial charge in [0.1, 0.15) is 5.69 Å². The molecule has 16 heavy (non-hydrogen) atoms. The number of H-pyrrole nitrogens is 1. The Labute approximate surface area is 91.5 Å². The van der Waals surface area contributed by atoms with Crippen LogP contribution in [0.2, 0.25) is 0 Å². The first-order valence-electron chi connectivity index (χ1n) is 4.56. The molecule has 0 saturated carbocycles. The van der Waals surface area contributed by atoms with E-state index in [0.717, 1.165) is 5.56 Å². The van der Waals surface area contributed by atoms with Gasteiger partial charge in [0.15, 0.2) is 0 Å². The van der Waals surface area contributed by atoms with E-state index in [1.165, 1.54) is 0 Å². The second-order valence-corrected chi connectivity index (χ2v) is 3.22. The number of nitriles is 1. The summed E-state index contributed by atoms with van der Waals surface area (Å²) in [6.07, 6.45) is 0. The first-order chi connectivity index (χ1) is 7.70. The van der Waals surface area contributed by atoms with Crippen molar-refractivity contribution in [2.75, 3.05) is 0 Å². The number of nitrogens with one attached hydrogen (secondary N) is 1. The van der Waals surface area contributed by atoms with Crippen LogP contribution in [0.1, 0.15) is 16.1 Å². The highest BCUT2D eigenvalue weighted by atomic mass is 16.1. The maximum absolute atomic E-state index is 10.9. The molecule has 0 aliphatic rings. The number of rotatable bonds is 2. The van der Waals surface area contributed by atoms with Crippen molar-refractivity contribution in [1.29, 1.82) is 5.26 Å². The zero-order chi connectivity index (χ0) is 11.5. The standard InChI is InChI=1S/C11H8N4O/c12-6-7-1-3-8(4-2-7)9-5-10(11(13)16)15-14-9/h1-5H,(H2,13,16)(H,14,15). The van der Waals surface area contributed by atoms with Gasteiger partial charge in [-0.3, -0.25) is 9.89 Å². The van der Waals surface area contributed by atoms with Gasteiger partial charge < -0.3 is 5.73 Å². The van der Waals surface area contributed by atoms with Crippen molar-refractivity contribution in [2.45, 2.75) is 0 Å². The van der Waals surface area contributed by atoms with Crippen LogP contribution in [0.25, 0.3) is 11.3 Å². The summed E-state index contributed by atoms with van der Waals surface area (Å²) >= 11 is 0. The van der Waals surface area contributed by atoms with Crippen LogP contribution in [0.4, 0.5) is 0 Å². The van der Waals surface area contributed by atoms with Crippen molar-refractivity contribution in [3.8, 4) is 17.3 Å². The molecule has 0 saturated heterocycles. The zero-order valence-electron chi connectivity index (χ0n) is 8.27. The molecule has 3 N–H and O–H groups in total. The molecule has 0 aliphatic heterocycles. The molecule has 0 fully saturated rings. The quantitative estimate of drug-likeness (QED) is 0.778. The van der Waals surface area contributed by atoms with E-state index in [2.05, 4.69) is 10.2 Å². The zero-order valence-corrected chi connectivity index (χ0v) is 8.27. The third-order valence-corrected chi connectivity index (χ3v) is 2.15. The Morgan fingerprint density at radius 1 is 1.38 bits per heavy atom. The van der Waals surface area contributed by atoms with Crippen molar-refractivity contribution in [1.82, 2.24) is 10.2 Å². The van der Waals surface area contributed by atoms with Crippen LogP contribution in [0.3, 0.4) is 0 Å². The van der Waals surface area contributed by atoms with Crippen LogP contribution in [0.15, 0.2) is 30.3 Å². The lowest BCUT2D eigenvalue weighted by Gasteiger charge is -1.94. The van der Waals surface area contributed by atoms with Gasteiger partial charge in [0.2, 0.25) is 0 Å². The minimum Gasteiger partial charge on any atom is -0.364 e. The van der Waals surface area contributed by atoms with Gasteiger partial charge in [0.05, 0.1) is 17.3 Å². The normalized spacial score (nSPS) is 9.69. The number of nitrogens with two attached hydrogens (primary N) is 1. The molecular formula is C11H8N4O. The number of hydrogen-bond acceptors (Lipinski definition) is 3. The number of aromatic amines is 1. The number of amides is 1. The minimum atomic E-state index is -0.549. The highest BCUT2D eigenvalue weighted by Gasteiger charge is 2.07. The summed E-state index contributed by atoms with van der Waals surface area (Å²) < 4.78 is 0. The highest BCUT2D eigenvalue weighted by molar-refractivity contribution is 5.91. The highest BCUT2D eigenvalue weighted by Crippen LogP contribution is 2.17. The van der Waals surface area contributed by atoms with Gasteiger partial charge in [0.25, 0.3) is 5.91 Å². The topological polar surface area (TPSA) is 95.6 Å². The Kier molecular flexibility index (Phi) is 2.40. The van der Waals surface area contributed by atoms with Crippen molar-refractivity contribution >= 4 is 5.91 Å². The fourth-order valence-corrected chi connectivity index (χ4v) is 1.31. The molecule has 0 spiro atoms. The maximum atomic E-state index is 10.9. The molecule has 0 radical (unpaired) electrons. The molecule has 1 heterocycles. The number of aromatic nitrogens is 2. The Morgan fingerprint density at radius 3 is 2.56 bits per heavy atom. The number of hydrogen-bond donors (Lipinski definition) is 2. The van der Waals surface area contributed by atoms with E-state index in [0.29, 0.717) is 11.3 Å². The van der Waals surface area contributed by atoms with Crippen molar-refractivity contribution in [3.05, 3.63) is 41.6 Å². The van der Waals surface area contributed by atoms with Gasteiger partial charge in [0, 0.05) is 5.56 Å². The third-order valence-electron chi connectivity index (χ3n) is 2.15. The van der Waals surface area contributed by atoms with Crippen LogP contribution >= 0.6 is 0 Å². The monoisotopic (exact) mass is 212 g/mol. The van der Waals surface area contributed by atoms with E-state index < -0.39 is 5.91 Å². The van der Waals surface area contributed by atoms with Gasteiger partial charge in [-0.2, -0.15) is 10.4 Å². The van der Waals surface area contributed by atoms with Crippen LogP contribution in [-0.4, -0.2) is 16.1 Å². The third kappa shape index (κ3) is 1.77. The molecule has 0 bridgehead atoms. The molecule has 5 heteroatoms. The lowest BCUT2D eigenvalue weighted by atomic mass is 10.1. The van der Waals surface area contributed by atoms with E-state index in [-0.39, 0.29) is 5.69 Å². The summed E-state index contributed by atoms with van der Waals surface area (Å²) in [7, 11) is 0. The maximum Gasteiger partial charge on any atom is 0.266 e. The van der Waals surface area contributed by atoms with Crippen LogP contribution in [-0.2, 0) is 0 Å². The lowest BCUT2D eigenvalue weighted by Crippen LogP contribution is -2.10. The molecular weight excluding hydrogens is 204 g/mol. The van der Waals surface area contributed by atoms with E-state index in [1.807, 2.05) is 6.07 Å². The van der Waals surface area contributed by atoms with Gasteiger partial charge in [-0.25, -0.2) is 0 Å². The van der Waals surface area contributed by atoms with Crippen LogP contribution in [0, 0.1) is 11.3 Å². The SMILES string of the molecule is N#Cc1ccc(-c2cc(C(N)=O)[nH]n2)cc1. The fraction of sp³-hybridized carbons (Fsp3) is 0. The molecule has 1 aromatic carbocycles. The smallest absolute Gasteiger partial charge is 0.266 e. The van der Waals surface area contributed by atoms with Gasteiger partial charge >= 0.3 is 0 Å². The molecule has 0 aliphatic carbocycles. The average Bonchev–Trinajstić information content (AvgIpc) is 2.78. The summed E-state index contributed by atoms with van der Waals surface area (Å²) in [5.41, 5.74) is 7.38. The van der Waals surface area contributed by atoms with Crippen molar-refractivity contribution < 1.29 is 4.79 Å². The number of nitrogens with zero attached hydrogens (tertiary/aromatic N) is 2. The number of carbonyl (C=O) groups excluding carboxylic acids is 1. The van der Waals surface area contributed by atoms with E-state index in [4.69, 9.17) is 11.0 Å². The van der Waals surface area contributed by atoms with Crippen LogP contribution in [0.5, 0.6) is 0 Å². The summed E-state index contributed by atoms with van der Waals surface area (Å²) in [6.45, 7) is 0. The second-order valence-electron chi connectivity index (χ2n) is 3.22. The van der Waals surface area contributed by atoms with E-state index >= 15 is 0 Å². The summed E-state index contributed by atoms with van der Waals surface area (Å²) in [4.78, 5) is 10.9. The molecule has 1 aromatic heterocycles. The molecule has 78 valence electrons. The first-order valence-corrected chi connectivity index (χ1v) is 4.56. The fourth-order valence-electron chi connectivity index (χ4n) is 1.31. The van der Waals surface area contributed by atoms with E-state index in [1.54, 1.807) is 30.3 Å². The second kappa shape index (κ2) is 3.87. The van der Waals surface area contributed by atoms with Crippen molar-refractivity contribution in [3.63, 3.8) is 0 Å². The lowest BCUT2D eigenvalue weighted by molar-refractivity contribution is 0.0995. The van der Waals surface area contributed by atoms with Crippen LogP contribution < -0.4 is 5.73 Å². The van der Waals surface area contributed by atoms with E-state index in [9.17, 15) is 4.79 Å². The summed E-state index contributed by atoms with van der Waals surface area (Å²) in [5, 5.41) is 15.1. The summed E-state index contributed by atoms with van der Waals surface area (Å²) in [5.74, 6) is -0.549. The predicted octanol–water partition coefficient (Wildman–Crippen LogP) is 1.05. The predicted molar refractivity (Wildman–Crippen MR) is 57.3 cm³/mol. The van der Waals surface area contributed by atoms with Gasteiger partial charge in [-0.1, -0.05) is 12.1 Å². The average molecular weight is 212 g/mol. The molecule has 5 nitrogen and oxygen atoms in total. The largest absolute Gasteiger partial charge is 0.364 e. The minimum absolute atomic E-state index is 0.263.